The third-order valence-corrected chi connectivity index (χ3v) is 10.6. The molecule has 0 heterocycles. The monoisotopic (exact) mass is 992 g/mol. The SMILES string of the molecule is CC(=O)C(N=Nc1cc(C(=O)Nc2ccc(C(C)Cl)cc2)ccc1Cl)C(=O)Nc1ccc(NC(=O)C(N=Nc2cc(C(=O)Nc3ccc(C(C)Cl)cc3)ccc2Cl)C(C)=O)c(OCCCl)c1. The van der Waals surface area contributed by atoms with Crippen LogP contribution >= 0.6 is 58.0 Å². The molecule has 0 spiro atoms. The second-order valence-corrected chi connectivity index (χ2v) is 16.9. The standard InChI is InChI=1S/C46H41Cl5N8O7/c1-24(48)28-5-11-32(12-6-28)52-43(62)30-9-16-35(50)38(21-30)56-58-41(26(3)60)45(64)54-34-15-18-37(40(23-34)66-20-19-47)55-46(65)42(27(4)61)59-57-39-22-31(10-17-36(39)51)44(63)53-33-13-7-29(8-14-33)25(2)49/h5-18,21-25,41-42H,19-20H2,1-4H3,(H,52,62)(H,53,63)(H,54,64)(H,55,65). The normalized spacial score (nSPS) is 13.0. The average Bonchev–Trinajstić information content (AvgIpc) is 3.27. The zero-order chi connectivity index (χ0) is 48.1. The number of rotatable bonds is 19. The van der Waals surface area contributed by atoms with Crippen molar-refractivity contribution in [2.24, 2.45) is 20.5 Å². The van der Waals surface area contributed by atoms with Gasteiger partial charge in [0, 0.05) is 34.3 Å². The molecule has 66 heavy (non-hydrogen) atoms. The largest absolute Gasteiger partial charge is 0.490 e. The second kappa shape index (κ2) is 23.8. The fourth-order valence-corrected chi connectivity index (χ4v) is 6.47. The Labute approximate surface area is 404 Å². The number of hydrogen-bond acceptors (Lipinski definition) is 11. The van der Waals surface area contributed by atoms with Crippen LogP contribution in [0, 0.1) is 0 Å². The van der Waals surface area contributed by atoms with E-state index in [0.717, 1.165) is 25.0 Å². The summed E-state index contributed by atoms with van der Waals surface area (Å²) in [4.78, 5) is 78.3. The molecule has 20 heteroatoms. The maximum absolute atomic E-state index is 13.5. The molecule has 5 aromatic carbocycles. The van der Waals surface area contributed by atoms with Gasteiger partial charge in [-0.2, -0.15) is 20.5 Å². The smallest absolute Gasteiger partial charge is 0.258 e. The molecule has 0 aliphatic carbocycles. The first-order valence-corrected chi connectivity index (χ1v) is 22.1. The van der Waals surface area contributed by atoms with E-state index in [1.807, 2.05) is 13.8 Å². The average molecular weight is 995 g/mol. The van der Waals surface area contributed by atoms with E-state index in [1.54, 1.807) is 48.5 Å². The van der Waals surface area contributed by atoms with Gasteiger partial charge in [0.2, 0.25) is 12.1 Å². The lowest BCUT2D eigenvalue weighted by atomic mass is 10.1. The van der Waals surface area contributed by atoms with Crippen molar-refractivity contribution in [2.75, 3.05) is 33.8 Å². The van der Waals surface area contributed by atoms with Gasteiger partial charge in [-0.1, -0.05) is 47.5 Å². The summed E-state index contributed by atoms with van der Waals surface area (Å²) in [5.74, 6) is -3.98. The molecule has 5 rings (SSSR count). The molecule has 0 aliphatic heterocycles. The summed E-state index contributed by atoms with van der Waals surface area (Å²) in [7, 11) is 0. The van der Waals surface area contributed by atoms with Crippen molar-refractivity contribution in [3.05, 3.63) is 135 Å². The van der Waals surface area contributed by atoms with Crippen molar-refractivity contribution in [1.29, 1.82) is 0 Å². The lowest BCUT2D eigenvalue weighted by molar-refractivity contribution is -0.127. The van der Waals surface area contributed by atoms with Crippen LogP contribution in [0.15, 0.2) is 124 Å². The molecule has 0 aliphatic rings. The van der Waals surface area contributed by atoms with Crippen molar-refractivity contribution in [2.45, 2.75) is 50.5 Å². The molecule has 0 aromatic heterocycles. The molecule has 4 unspecified atom stereocenters. The highest BCUT2D eigenvalue weighted by Crippen LogP contribution is 2.32. The van der Waals surface area contributed by atoms with E-state index in [0.29, 0.717) is 11.4 Å². The Morgan fingerprint density at radius 3 is 1.39 bits per heavy atom. The first-order chi connectivity index (χ1) is 31.4. The number of anilines is 4. The molecule has 5 aromatic rings. The van der Waals surface area contributed by atoms with E-state index in [1.165, 1.54) is 54.6 Å². The topological polar surface area (TPSA) is 209 Å². The summed E-state index contributed by atoms with van der Waals surface area (Å²) in [5.41, 5.74) is 3.39. The van der Waals surface area contributed by atoms with Crippen LogP contribution in [0.5, 0.6) is 5.75 Å². The zero-order valence-electron chi connectivity index (χ0n) is 35.6. The van der Waals surface area contributed by atoms with E-state index in [2.05, 4.69) is 41.7 Å². The maximum Gasteiger partial charge on any atom is 0.258 e. The second-order valence-electron chi connectivity index (χ2n) is 14.4. The molecular formula is C46H41Cl5N8O7. The Kier molecular flexibility index (Phi) is 18.3. The number of benzene rings is 5. The third-order valence-electron chi connectivity index (χ3n) is 9.34. The minimum absolute atomic E-state index is 0.0175. The molecule has 0 radical (unpaired) electrons. The molecule has 15 nitrogen and oxygen atoms in total. The van der Waals surface area contributed by atoms with E-state index < -0.39 is 47.3 Å². The fraction of sp³-hybridized carbons (Fsp3) is 0.217. The number of alkyl halides is 3. The van der Waals surface area contributed by atoms with Crippen LogP contribution in [-0.4, -0.2) is 59.8 Å². The van der Waals surface area contributed by atoms with Crippen LogP contribution in [0.3, 0.4) is 0 Å². The van der Waals surface area contributed by atoms with Crippen molar-refractivity contribution in [1.82, 2.24) is 0 Å². The van der Waals surface area contributed by atoms with Gasteiger partial charge < -0.3 is 26.0 Å². The molecule has 4 N–H and O–H groups in total. The highest BCUT2D eigenvalue weighted by Gasteiger charge is 2.27. The highest BCUT2D eigenvalue weighted by atomic mass is 35.5. The molecule has 0 bridgehead atoms. The van der Waals surface area contributed by atoms with E-state index >= 15 is 0 Å². The van der Waals surface area contributed by atoms with Gasteiger partial charge >= 0.3 is 0 Å². The van der Waals surface area contributed by atoms with Crippen molar-refractivity contribution in [3.63, 3.8) is 0 Å². The number of nitrogens with zero attached hydrogens (tertiary/aromatic N) is 4. The minimum Gasteiger partial charge on any atom is -0.490 e. The quantitative estimate of drug-likeness (QED) is 0.0357. The lowest BCUT2D eigenvalue weighted by Gasteiger charge is -2.16. The van der Waals surface area contributed by atoms with Crippen LogP contribution in [0.1, 0.15) is 70.3 Å². The molecule has 4 amide bonds. The summed E-state index contributed by atoms with van der Waals surface area (Å²) < 4.78 is 5.74. The van der Waals surface area contributed by atoms with Crippen LogP contribution in [0.25, 0.3) is 0 Å². The van der Waals surface area contributed by atoms with Crippen LogP contribution in [0.2, 0.25) is 10.0 Å². The summed E-state index contributed by atoms with van der Waals surface area (Å²) in [6.45, 7) is 5.92. The van der Waals surface area contributed by atoms with Gasteiger partial charge in [-0.15, -0.1) is 34.8 Å². The number of halogens is 5. The van der Waals surface area contributed by atoms with Gasteiger partial charge in [0.15, 0.2) is 11.6 Å². The number of hydrogen-bond donors (Lipinski definition) is 4. The lowest BCUT2D eigenvalue weighted by Crippen LogP contribution is -2.32. The van der Waals surface area contributed by atoms with Crippen LogP contribution < -0.4 is 26.0 Å². The van der Waals surface area contributed by atoms with Crippen molar-refractivity contribution >= 4 is 127 Å². The molecule has 0 saturated heterocycles. The number of ether oxygens (including phenoxy) is 1. The van der Waals surface area contributed by atoms with Gasteiger partial charge in [-0.3, -0.25) is 28.8 Å². The minimum atomic E-state index is -1.66. The molecule has 4 atom stereocenters. The first kappa shape index (κ1) is 50.8. The van der Waals surface area contributed by atoms with E-state index in [-0.39, 0.29) is 72.9 Å². The Balaban J connectivity index is 1.28. The Morgan fingerprint density at radius 2 is 0.985 bits per heavy atom. The van der Waals surface area contributed by atoms with Gasteiger partial charge in [-0.25, -0.2) is 0 Å². The van der Waals surface area contributed by atoms with Gasteiger partial charge in [0.05, 0.1) is 32.4 Å². The summed E-state index contributed by atoms with van der Waals surface area (Å²) in [6, 6.07) is 23.4. The Bertz CT molecular complexity index is 2680. The number of Topliss-reactive ketones (excluding diaryl/α,β-unsaturated/α-hetero) is 2. The number of amides is 4. The number of azo groups is 2. The van der Waals surface area contributed by atoms with Gasteiger partial charge in [0.25, 0.3) is 23.6 Å². The van der Waals surface area contributed by atoms with Gasteiger partial charge in [-0.05, 0) is 112 Å². The van der Waals surface area contributed by atoms with Crippen LogP contribution in [-0.2, 0) is 19.2 Å². The van der Waals surface area contributed by atoms with E-state index in [4.69, 9.17) is 62.7 Å². The molecule has 0 fully saturated rings. The predicted molar refractivity (Wildman–Crippen MR) is 258 cm³/mol. The Hall–Kier alpha value is -6.23. The number of carbonyl (C=O) groups is 6. The van der Waals surface area contributed by atoms with E-state index in [9.17, 15) is 28.8 Å². The third kappa shape index (κ3) is 14.1. The summed E-state index contributed by atoms with van der Waals surface area (Å²) in [6.07, 6.45) is 0. The predicted octanol–water partition coefficient (Wildman–Crippen LogP) is 12.1. The Morgan fingerprint density at radius 1 is 0.561 bits per heavy atom. The van der Waals surface area contributed by atoms with Crippen LogP contribution in [0.4, 0.5) is 34.1 Å². The number of carbonyl (C=O) groups excluding carboxylic acids is 6. The highest BCUT2D eigenvalue weighted by molar-refractivity contribution is 6.33. The molecule has 0 saturated carbocycles. The summed E-state index contributed by atoms with van der Waals surface area (Å²) >= 11 is 30.8. The number of nitrogens with one attached hydrogen (secondary N) is 4. The summed E-state index contributed by atoms with van der Waals surface area (Å²) in [5, 5.41) is 26.5. The molecular weight excluding hydrogens is 954 g/mol. The fourth-order valence-electron chi connectivity index (χ4n) is 5.79. The van der Waals surface area contributed by atoms with Gasteiger partial charge in [0.1, 0.15) is 23.7 Å². The van der Waals surface area contributed by atoms with Crippen molar-refractivity contribution in [3.8, 4) is 5.75 Å². The maximum atomic E-state index is 13.5. The van der Waals surface area contributed by atoms with Crippen molar-refractivity contribution < 1.29 is 33.5 Å². The zero-order valence-corrected chi connectivity index (χ0v) is 39.4. The first-order valence-electron chi connectivity index (χ1n) is 19.9. The molecule has 342 valence electrons. The number of ketones is 2.